The molecular weight excluding hydrogens is 336 g/mol. The van der Waals surface area contributed by atoms with Gasteiger partial charge in [-0.1, -0.05) is 30.3 Å². The lowest BCUT2D eigenvalue weighted by Gasteiger charge is -2.23. The van der Waals surface area contributed by atoms with E-state index in [0.717, 1.165) is 5.56 Å². The molecule has 1 saturated heterocycles. The summed E-state index contributed by atoms with van der Waals surface area (Å²) in [5, 5.41) is 2.84. The molecule has 2 amide bonds. The number of likely N-dealkylation sites (tertiary alicyclic amines) is 1. The van der Waals surface area contributed by atoms with Crippen molar-refractivity contribution in [2.24, 2.45) is 5.92 Å². The van der Waals surface area contributed by atoms with Gasteiger partial charge in [-0.25, -0.2) is 9.59 Å². The fourth-order valence-electron chi connectivity index (χ4n) is 2.84. The Morgan fingerprint density at radius 1 is 1.19 bits per heavy atom. The zero-order chi connectivity index (χ0) is 19.2. The highest BCUT2D eigenvalue weighted by molar-refractivity contribution is 5.70. The van der Waals surface area contributed by atoms with Gasteiger partial charge in [-0.15, -0.1) is 0 Å². The largest absolute Gasteiger partial charge is 0.445 e. The smallest absolute Gasteiger partial charge is 0.410 e. The second-order valence-corrected chi connectivity index (χ2v) is 7.41. The normalized spacial score (nSPS) is 19.9. The van der Waals surface area contributed by atoms with Gasteiger partial charge in [-0.3, -0.25) is 0 Å². The third kappa shape index (κ3) is 6.22. The quantitative estimate of drug-likeness (QED) is 0.869. The van der Waals surface area contributed by atoms with E-state index in [4.69, 9.17) is 14.2 Å². The Balaban J connectivity index is 1.90. The van der Waals surface area contributed by atoms with Gasteiger partial charge < -0.3 is 24.4 Å². The number of nitrogens with zero attached hydrogens (tertiary/aromatic N) is 1. The van der Waals surface area contributed by atoms with E-state index in [1.54, 1.807) is 32.8 Å². The van der Waals surface area contributed by atoms with Crippen LogP contribution in [0.15, 0.2) is 30.3 Å². The van der Waals surface area contributed by atoms with Crippen LogP contribution in [0, 0.1) is 5.92 Å². The average molecular weight is 364 g/mol. The lowest BCUT2D eigenvalue weighted by Crippen LogP contribution is -2.44. The third-order valence-electron chi connectivity index (χ3n) is 3.99. The van der Waals surface area contributed by atoms with E-state index in [1.165, 1.54) is 0 Å². The molecule has 0 aromatic heterocycles. The Morgan fingerprint density at radius 3 is 2.50 bits per heavy atom. The minimum atomic E-state index is -0.576. The molecule has 1 aliphatic heterocycles. The van der Waals surface area contributed by atoms with Gasteiger partial charge in [0.2, 0.25) is 0 Å². The van der Waals surface area contributed by atoms with Crippen molar-refractivity contribution in [1.29, 1.82) is 0 Å². The highest BCUT2D eigenvalue weighted by Gasteiger charge is 2.37. The van der Waals surface area contributed by atoms with E-state index >= 15 is 0 Å². The fourth-order valence-corrected chi connectivity index (χ4v) is 2.84. The van der Waals surface area contributed by atoms with Gasteiger partial charge in [0, 0.05) is 26.1 Å². The molecule has 2 atom stereocenters. The van der Waals surface area contributed by atoms with Gasteiger partial charge in [0.05, 0.1) is 12.6 Å². The highest BCUT2D eigenvalue weighted by atomic mass is 16.6. The number of rotatable bonds is 5. The molecule has 1 fully saturated rings. The van der Waals surface area contributed by atoms with E-state index in [-0.39, 0.29) is 18.6 Å². The summed E-state index contributed by atoms with van der Waals surface area (Å²) in [6, 6.07) is 9.26. The maximum Gasteiger partial charge on any atom is 0.410 e. The summed E-state index contributed by atoms with van der Waals surface area (Å²) in [7, 11) is 1.60. The number of methoxy groups -OCH3 is 1. The molecule has 1 N–H and O–H groups in total. The van der Waals surface area contributed by atoms with Crippen LogP contribution >= 0.6 is 0 Å². The third-order valence-corrected chi connectivity index (χ3v) is 3.99. The van der Waals surface area contributed by atoms with E-state index in [2.05, 4.69) is 5.32 Å². The van der Waals surface area contributed by atoms with Gasteiger partial charge >= 0.3 is 12.2 Å². The number of carbonyl (C=O) groups is 2. The highest BCUT2D eigenvalue weighted by Crippen LogP contribution is 2.20. The van der Waals surface area contributed by atoms with E-state index in [0.29, 0.717) is 19.7 Å². The predicted molar refractivity (Wildman–Crippen MR) is 96.7 cm³/mol. The molecule has 1 aliphatic rings. The number of ether oxygens (including phenoxy) is 3. The van der Waals surface area contributed by atoms with Crippen molar-refractivity contribution in [3.8, 4) is 0 Å². The van der Waals surface area contributed by atoms with Gasteiger partial charge in [-0.05, 0) is 26.3 Å². The molecule has 144 valence electrons. The molecule has 26 heavy (non-hydrogen) atoms. The lowest BCUT2D eigenvalue weighted by atomic mass is 10.1. The molecule has 0 spiro atoms. The maximum absolute atomic E-state index is 12.3. The Kier molecular flexibility index (Phi) is 6.85. The van der Waals surface area contributed by atoms with Crippen molar-refractivity contribution >= 4 is 12.2 Å². The van der Waals surface area contributed by atoms with Crippen LogP contribution < -0.4 is 5.32 Å². The van der Waals surface area contributed by atoms with E-state index < -0.39 is 17.8 Å². The Morgan fingerprint density at radius 2 is 1.88 bits per heavy atom. The number of hydrogen-bond donors (Lipinski definition) is 1. The van der Waals surface area contributed by atoms with Gasteiger partial charge in [0.1, 0.15) is 12.2 Å². The van der Waals surface area contributed by atoms with Crippen molar-refractivity contribution in [3.63, 3.8) is 0 Å². The fraction of sp³-hybridized carbons (Fsp3) is 0.579. The van der Waals surface area contributed by atoms with E-state index in [1.807, 2.05) is 30.3 Å². The van der Waals surface area contributed by atoms with Crippen LogP contribution in [0.5, 0.6) is 0 Å². The van der Waals surface area contributed by atoms with Crippen LogP contribution in [0.4, 0.5) is 9.59 Å². The first-order valence-electron chi connectivity index (χ1n) is 8.72. The molecule has 0 unspecified atom stereocenters. The summed E-state index contributed by atoms with van der Waals surface area (Å²) in [5.74, 6) is -0.0169. The molecule has 2 rings (SSSR count). The Labute approximate surface area is 154 Å². The first-order valence-corrected chi connectivity index (χ1v) is 8.72. The molecule has 0 radical (unpaired) electrons. The number of hydrogen-bond acceptors (Lipinski definition) is 5. The Bertz CT molecular complexity index is 600. The van der Waals surface area contributed by atoms with Crippen LogP contribution in [0.2, 0.25) is 0 Å². The number of amides is 2. The zero-order valence-corrected chi connectivity index (χ0v) is 15.9. The molecule has 7 heteroatoms. The summed E-state index contributed by atoms with van der Waals surface area (Å²) in [5.41, 5.74) is 0.352. The number of benzene rings is 1. The predicted octanol–water partition coefficient (Wildman–Crippen LogP) is 2.79. The second kappa shape index (κ2) is 8.89. The van der Waals surface area contributed by atoms with Gasteiger partial charge in [0.25, 0.3) is 0 Å². The maximum atomic E-state index is 12.3. The van der Waals surface area contributed by atoms with Gasteiger partial charge in [-0.2, -0.15) is 0 Å². The molecule has 1 aromatic rings. The van der Waals surface area contributed by atoms with Crippen LogP contribution in [0.25, 0.3) is 0 Å². The molecule has 1 aromatic carbocycles. The second-order valence-electron chi connectivity index (χ2n) is 7.41. The van der Waals surface area contributed by atoms with Crippen molar-refractivity contribution < 1.29 is 23.8 Å². The SMILES string of the molecule is COC[C@@H]1CN(C(=O)OCc2ccccc2)C[C@@H]1NC(=O)OC(C)(C)C. The van der Waals surface area contributed by atoms with Crippen molar-refractivity contribution in [1.82, 2.24) is 10.2 Å². The Hall–Kier alpha value is -2.28. The van der Waals surface area contributed by atoms with E-state index in [9.17, 15) is 9.59 Å². The standard InChI is InChI=1S/C19H28N2O5/c1-19(2,3)26-17(22)20-16-11-21(10-15(16)13-24-4)18(23)25-12-14-8-6-5-7-9-14/h5-9,15-16H,10-13H2,1-4H3,(H,20,22)/t15-,16-/m0/s1. The molecule has 0 saturated carbocycles. The zero-order valence-electron chi connectivity index (χ0n) is 15.9. The van der Waals surface area contributed by atoms with Crippen LogP contribution in [0.3, 0.4) is 0 Å². The summed E-state index contributed by atoms with van der Waals surface area (Å²) in [6.07, 6.45) is -0.897. The lowest BCUT2D eigenvalue weighted by molar-refractivity contribution is 0.0479. The monoisotopic (exact) mass is 364 g/mol. The number of alkyl carbamates (subject to hydrolysis) is 1. The topological polar surface area (TPSA) is 77.1 Å². The molecule has 7 nitrogen and oxygen atoms in total. The summed E-state index contributed by atoms with van der Waals surface area (Å²) >= 11 is 0. The minimum absolute atomic E-state index is 0.0169. The summed E-state index contributed by atoms with van der Waals surface area (Å²) < 4.78 is 15.9. The van der Waals surface area contributed by atoms with Crippen molar-refractivity contribution in [3.05, 3.63) is 35.9 Å². The summed E-state index contributed by atoms with van der Waals surface area (Å²) in [6.45, 7) is 6.89. The first-order chi connectivity index (χ1) is 12.3. The van der Waals surface area contributed by atoms with Gasteiger partial charge in [0.15, 0.2) is 0 Å². The van der Waals surface area contributed by atoms with Crippen LogP contribution in [-0.4, -0.2) is 55.5 Å². The average Bonchev–Trinajstić information content (AvgIpc) is 2.95. The first kappa shape index (κ1) is 20.0. The van der Waals surface area contributed by atoms with Crippen molar-refractivity contribution in [2.75, 3.05) is 26.8 Å². The molecule has 0 bridgehead atoms. The molecule has 1 heterocycles. The van der Waals surface area contributed by atoms with Crippen LogP contribution in [0.1, 0.15) is 26.3 Å². The number of nitrogens with one attached hydrogen (secondary N) is 1. The van der Waals surface area contributed by atoms with Crippen molar-refractivity contribution in [2.45, 2.75) is 39.0 Å². The molecule has 0 aliphatic carbocycles. The number of carbonyl (C=O) groups excluding carboxylic acids is 2. The minimum Gasteiger partial charge on any atom is -0.445 e. The summed E-state index contributed by atoms with van der Waals surface area (Å²) in [4.78, 5) is 26.0. The molecular formula is C19H28N2O5. The van der Waals surface area contributed by atoms with Crippen LogP contribution in [-0.2, 0) is 20.8 Å².